The fraction of sp³-hybridized carbons (Fsp3) is 0.500. The molecule has 0 bridgehead atoms. The summed E-state index contributed by atoms with van der Waals surface area (Å²) in [5.41, 5.74) is 1.15. The Morgan fingerprint density at radius 2 is 2.05 bits per heavy atom. The van der Waals surface area contributed by atoms with Gasteiger partial charge in [0.25, 0.3) is 0 Å². The average Bonchev–Trinajstić information content (AvgIpc) is 2.92. The summed E-state index contributed by atoms with van der Waals surface area (Å²) in [6.07, 6.45) is 6.16. The van der Waals surface area contributed by atoms with E-state index in [0.717, 1.165) is 47.4 Å². The number of H-pyrrole nitrogens is 1. The second-order valence-electron chi connectivity index (χ2n) is 4.08. The molecule has 2 aromatic rings. The highest BCUT2D eigenvalue weighted by molar-refractivity contribution is 7.99. The van der Waals surface area contributed by atoms with Crippen LogP contribution in [0.3, 0.4) is 0 Å². The first kappa shape index (κ1) is 13.8. The second kappa shape index (κ2) is 7.08. The number of nitrogens with one attached hydrogen (secondary N) is 2. The Morgan fingerprint density at radius 1 is 1.16 bits per heavy atom. The first-order valence-corrected chi connectivity index (χ1v) is 7.27. The van der Waals surface area contributed by atoms with Crippen molar-refractivity contribution in [2.75, 3.05) is 11.9 Å². The van der Waals surface area contributed by atoms with Crippen molar-refractivity contribution in [2.24, 2.45) is 0 Å². The molecule has 0 aliphatic heterocycles. The van der Waals surface area contributed by atoms with Crippen LogP contribution in [0.2, 0.25) is 0 Å². The van der Waals surface area contributed by atoms with E-state index in [0.29, 0.717) is 0 Å². The maximum Gasteiger partial charge on any atom is 0.189 e. The molecule has 2 rings (SSSR count). The lowest BCUT2D eigenvalue weighted by Gasteiger charge is -2.12. The molecule has 0 fully saturated rings. The molecule has 2 N–H and O–H groups in total. The first-order valence-electron chi connectivity index (χ1n) is 6.46. The molecule has 7 heteroatoms. The van der Waals surface area contributed by atoms with Crippen molar-refractivity contribution in [1.82, 2.24) is 25.1 Å². The number of nitrogens with zero attached hydrogens (tertiary/aromatic N) is 4. The Kier molecular flexibility index (Phi) is 5.14. The topological polar surface area (TPSA) is 79.4 Å². The van der Waals surface area contributed by atoms with Gasteiger partial charge in [-0.05, 0) is 24.6 Å². The van der Waals surface area contributed by atoms with Gasteiger partial charge in [0.05, 0.1) is 0 Å². The van der Waals surface area contributed by atoms with Gasteiger partial charge in [-0.3, -0.25) is 5.10 Å². The third-order valence-corrected chi connectivity index (χ3v) is 3.47. The van der Waals surface area contributed by atoms with E-state index in [1.54, 1.807) is 6.33 Å². The van der Waals surface area contributed by atoms with Crippen molar-refractivity contribution in [3.8, 4) is 0 Å². The van der Waals surface area contributed by atoms with Crippen molar-refractivity contribution in [1.29, 1.82) is 0 Å². The monoisotopic (exact) mass is 278 g/mol. The molecule has 0 unspecified atom stereocenters. The minimum absolute atomic E-state index is 0.748. The highest BCUT2D eigenvalue weighted by Crippen LogP contribution is 2.29. The number of anilines is 1. The van der Waals surface area contributed by atoms with Crippen molar-refractivity contribution in [2.45, 2.75) is 43.3 Å². The number of hydrogen-bond donors (Lipinski definition) is 2. The van der Waals surface area contributed by atoms with Crippen molar-refractivity contribution in [3.05, 3.63) is 18.2 Å². The summed E-state index contributed by atoms with van der Waals surface area (Å²) >= 11 is 1.49. The van der Waals surface area contributed by atoms with Gasteiger partial charge in [-0.25, -0.2) is 15.0 Å². The predicted octanol–water partition coefficient (Wildman–Crippen LogP) is 2.52. The summed E-state index contributed by atoms with van der Waals surface area (Å²) in [5, 5.41) is 11.7. The van der Waals surface area contributed by atoms with Crippen LogP contribution in [0.5, 0.6) is 0 Å². The summed E-state index contributed by atoms with van der Waals surface area (Å²) in [5.74, 6) is 0.931. The third-order valence-electron chi connectivity index (χ3n) is 2.53. The second-order valence-corrected chi connectivity index (χ2v) is 5.05. The highest BCUT2D eigenvalue weighted by Gasteiger charge is 2.12. The van der Waals surface area contributed by atoms with Gasteiger partial charge in [-0.15, -0.1) is 0 Å². The molecule has 0 aromatic carbocycles. The Morgan fingerprint density at radius 3 is 2.74 bits per heavy atom. The maximum atomic E-state index is 4.36. The Hall–Kier alpha value is -1.63. The molecule has 6 nitrogen and oxygen atoms in total. The zero-order valence-electron chi connectivity index (χ0n) is 11.2. The molecular formula is C12H18N6S. The van der Waals surface area contributed by atoms with E-state index >= 15 is 0 Å². The van der Waals surface area contributed by atoms with Gasteiger partial charge in [-0.2, -0.15) is 5.10 Å². The highest BCUT2D eigenvalue weighted by atomic mass is 32.2. The number of aromatic nitrogens is 5. The number of aromatic amines is 1. The Balaban J connectivity index is 2.25. The van der Waals surface area contributed by atoms with Crippen LogP contribution in [-0.4, -0.2) is 31.7 Å². The molecule has 19 heavy (non-hydrogen) atoms. The lowest BCUT2D eigenvalue weighted by molar-refractivity contribution is 0.846. The van der Waals surface area contributed by atoms with Crippen LogP contribution in [0, 0.1) is 0 Å². The van der Waals surface area contributed by atoms with Crippen LogP contribution in [0.4, 0.5) is 5.82 Å². The third kappa shape index (κ3) is 3.66. The molecule has 0 spiro atoms. The first-order chi connectivity index (χ1) is 9.35. The zero-order chi connectivity index (χ0) is 13.5. The minimum atomic E-state index is 0.748. The maximum absolute atomic E-state index is 4.36. The fourth-order valence-electron chi connectivity index (χ4n) is 1.69. The van der Waals surface area contributed by atoms with Crippen LogP contribution in [0.15, 0.2) is 22.8 Å². The lowest BCUT2D eigenvalue weighted by Crippen LogP contribution is -2.07. The molecule has 0 saturated heterocycles. The number of hydrogen-bond acceptors (Lipinski definition) is 6. The fourth-order valence-corrected chi connectivity index (χ4v) is 2.49. The van der Waals surface area contributed by atoms with E-state index in [-0.39, 0.29) is 0 Å². The van der Waals surface area contributed by atoms with E-state index in [1.807, 2.05) is 0 Å². The summed E-state index contributed by atoms with van der Waals surface area (Å²) < 4.78 is 0. The molecule has 0 radical (unpaired) electrons. The van der Waals surface area contributed by atoms with Crippen LogP contribution in [0.1, 0.15) is 32.3 Å². The van der Waals surface area contributed by atoms with Gasteiger partial charge in [0.2, 0.25) is 0 Å². The predicted molar refractivity (Wildman–Crippen MR) is 75.3 cm³/mol. The van der Waals surface area contributed by atoms with Crippen LogP contribution < -0.4 is 5.32 Å². The largest absolute Gasteiger partial charge is 0.370 e. The summed E-state index contributed by atoms with van der Waals surface area (Å²) in [6.45, 7) is 5.21. The van der Waals surface area contributed by atoms with E-state index in [4.69, 9.17) is 0 Å². The van der Waals surface area contributed by atoms with Crippen molar-refractivity contribution >= 4 is 17.6 Å². The van der Waals surface area contributed by atoms with Crippen LogP contribution >= 0.6 is 11.8 Å². The molecule has 0 atom stereocenters. The van der Waals surface area contributed by atoms with Gasteiger partial charge in [0.1, 0.15) is 23.5 Å². The Labute approximate surface area is 116 Å². The van der Waals surface area contributed by atoms with Gasteiger partial charge < -0.3 is 5.32 Å². The molecule has 2 heterocycles. The molecule has 0 saturated carbocycles. The SMILES string of the molecule is CCCNc1ncnc(Sc2ncn[nH]2)c1CCC. The van der Waals surface area contributed by atoms with Gasteiger partial charge >= 0.3 is 0 Å². The molecule has 0 aliphatic rings. The number of rotatable bonds is 7. The van der Waals surface area contributed by atoms with Crippen molar-refractivity contribution in [3.63, 3.8) is 0 Å². The van der Waals surface area contributed by atoms with Gasteiger partial charge in [-0.1, -0.05) is 20.3 Å². The Bertz CT molecular complexity index is 499. The molecular weight excluding hydrogens is 260 g/mol. The summed E-state index contributed by atoms with van der Waals surface area (Å²) in [7, 11) is 0. The summed E-state index contributed by atoms with van der Waals surface area (Å²) in [6, 6.07) is 0. The standard InChI is InChI=1S/C12H18N6S/c1-3-5-9-10(13-6-4-2)14-7-15-11(9)19-12-16-8-17-18-12/h7-8H,3-6H2,1-2H3,(H,13,14,15)(H,16,17,18). The molecule has 0 aliphatic carbocycles. The van der Waals surface area contributed by atoms with E-state index in [1.165, 1.54) is 18.1 Å². The smallest absolute Gasteiger partial charge is 0.189 e. The van der Waals surface area contributed by atoms with Crippen LogP contribution in [-0.2, 0) is 6.42 Å². The van der Waals surface area contributed by atoms with Gasteiger partial charge in [0.15, 0.2) is 5.16 Å². The van der Waals surface area contributed by atoms with E-state index in [9.17, 15) is 0 Å². The molecule has 0 amide bonds. The van der Waals surface area contributed by atoms with Crippen LogP contribution in [0.25, 0.3) is 0 Å². The molecule has 102 valence electrons. The van der Waals surface area contributed by atoms with Crippen molar-refractivity contribution < 1.29 is 0 Å². The zero-order valence-corrected chi connectivity index (χ0v) is 12.0. The minimum Gasteiger partial charge on any atom is -0.370 e. The quantitative estimate of drug-likeness (QED) is 0.758. The molecule has 2 aromatic heterocycles. The van der Waals surface area contributed by atoms with Gasteiger partial charge in [0, 0.05) is 12.1 Å². The summed E-state index contributed by atoms with van der Waals surface area (Å²) in [4.78, 5) is 12.8. The normalized spacial score (nSPS) is 10.6. The van der Waals surface area contributed by atoms with E-state index in [2.05, 4.69) is 44.3 Å². The lowest BCUT2D eigenvalue weighted by atomic mass is 10.2. The average molecular weight is 278 g/mol. The van der Waals surface area contributed by atoms with E-state index < -0.39 is 0 Å².